The van der Waals surface area contributed by atoms with Gasteiger partial charge in [-0.15, -0.1) is 0 Å². The predicted octanol–water partition coefficient (Wildman–Crippen LogP) is 4.52. The van der Waals surface area contributed by atoms with E-state index in [1.165, 1.54) is 18.4 Å². The monoisotopic (exact) mass is 368 g/mol. The Morgan fingerprint density at radius 2 is 1.81 bits per heavy atom. The number of hydrogen-bond acceptors (Lipinski definition) is 5. The minimum atomic E-state index is -0.222. The van der Waals surface area contributed by atoms with Crippen LogP contribution in [0.25, 0.3) is 10.2 Å². The zero-order valence-electron chi connectivity index (χ0n) is 15.0. The van der Waals surface area contributed by atoms with Crippen LogP contribution in [0.2, 0.25) is 0 Å². The van der Waals surface area contributed by atoms with Crippen LogP contribution < -0.4 is 10.1 Å². The highest BCUT2D eigenvalue weighted by molar-refractivity contribution is 7.22. The summed E-state index contributed by atoms with van der Waals surface area (Å²) in [6.45, 7) is 3.93. The molecular weight excluding hydrogens is 348 g/mol. The van der Waals surface area contributed by atoms with E-state index in [0.717, 1.165) is 21.3 Å². The maximum absolute atomic E-state index is 12.4. The van der Waals surface area contributed by atoms with Gasteiger partial charge in [-0.05, 0) is 43.7 Å². The summed E-state index contributed by atoms with van der Waals surface area (Å²) in [5, 5.41) is 3.33. The Morgan fingerprint density at radius 1 is 1.08 bits per heavy atom. The molecule has 3 rings (SSSR count). The second-order valence-electron chi connectivity index (χ2n) is 6.17. The molecule has 0 aliphatic carbocycles. The second kappa shape index (κ2) is 7.66. The quantitative estimate of drug-likeness (QED) is 0.649. The molecule has 0 unspecified atom stereocenters. The van der Waals surface area contributed by atoms with Crippen LogP contribution in [-0.2, 0) is 4.79 Å². The summed E-state index contributed by atoms with van der Waals surface area (Å²) >= 11 is 1.43. The van der Waals surface area contributed by atoms with Gasteiger partial charge in [0.25, 0.3) is 0 Å². The lowest BCUT2D eigenvalue weighted by molar-refractivity contribution is -0.116. The number of fused-ring (bicyclic) bond motifs is 1. The Hall–Kier alpha value is -2.73. The van der Waals surface area contributed by atoms with Gasteiger partial charge in [0.15, 0.2) is 10.9 Å². The molecule has 1 N–H and O–H groups in total. The molecule has 3 aromatic rings. The summed E-state index contributed by atoms with van der Waals surface area (Å²) in [5.41, 5.74) is 3.49. The average Bonchev–Trinajstić information content (AvgIpc) is 3.00. The van der Waals surface area contributed by atoms with Crippen molar-refractivity contribution in [3.8, 4) is 5.75 Å². The second-order valence-corrected chi connectivity index (χ2v) is 7.20. The number of ketones is 1. The maximum atomic E-state index is 12.4. The molecule has 5 nitrogen and oxygen atoms in total. The number of Topliss-reactive ketones (excluding diaryl/α,β-unsaturated/α-hetero) is 1. The smallest absolute Gasteiger partial charge is 0.226 e. The van der Waals surface area contributed by atoms with Gasteiger partial charge in [-0.1, -0.05) is 29.0 Å². The van der Waals surface area contributed by atoms with Crippen molar-refractivity contribution in [3.05, 3.63) is 53.1 Å². The number of amides is 1. The van der Waals surface area contributed by atoms with Crippen molar-refractivity contribution in [1.29, 1.82) is 0 Å². The van der Waals surface area contributed by atoms with Crippen molar-refractivity contribution in [2.24, 2.45) is 0 Å². The van der Waals surface area contributed by atoms with Crippen LogP contribution in [0.1, 0.15) is 34.3 Å². The van der Waals surface area contributed by atoms with Gasteiger partial charge in [0.2, 0.25) is 5.91 Å². The van der Waals surface area contributed by atoms with Gasteiger partial charge >= 0.3 is 0 Å². The first-order chi connectivity index (χ1) is 12.5. The predicted molar refractivity (Wildman–Crippen MR) is 104 cm³/mol. The number of thiazole rings is 1. The first-order valence-electron chi connectivity index (χ1n) is 8.31. The molecule has 0 atom stereocenters. The van der Waals surface area contributed by atoms with Gasteiger partial charge in [-0.2, -0.15) is 0 Å². The van der Waals surface area contributed by atoms with Crippen LogP contribution in [0.15, 0.2) is 36.4 Å². The number of ether oxygens (including phenoxy) is 1. The fraction of sp³-hybridized carbons (Fsp3) is 0.250. The van der Waals surface area contributed by atoms with E-state index < -0.39 is 0 Å². The molecule has 0 fully saturated rings. The third-order valence-electron chi connectivity index (χ3n) is 4.02. The van der Waals surface area contributed by atoms with E-state index in [1.54, 1.807) is 12.1 Å². The largest absolute Gasteiger partial charge is 0.496 e. The third kappa shape index (κ3) is 4.08. The number of benzene rings is 2. The zero-order valence-corrected chi connectivity index (χ0v) is 15.8. The summed E-state index contributed by atoms with van der Waals surface area (Å²) < 4.78 is 6.27. The molecule has 1 heterocycles. The SMILES string of the molecule is COc1ccc(C)cc1C(=O)CCC(=O)Nc1nc2ccc(C)cc2s1. The Bertz CT molecular complexity index is 978. The minimum absolute atomic E-state index is 0.102. The summed E-state index contributed by atoms with van der Waals surface area (Å²) in [7, 11) is 1.53. The fourth-order valence-corrected chi connectivity index (χ4v) is 3.65. The molecule has 0 spiro atoms. The van der Waals surface area contributed by atoms with E-state index in [9.17, 15) is 9.59 Å². The molecule has 6 heteroatoms. The van der Waals surface area contributed by atoms with Gasteiger partial charge in [0.05, 0.1) is 22.9 Å². The zero-order chi connectivity index (χ0) is 18.7. The van der Waals surface area contributed by atoms with Crippen molar-refractivity contribution in [2.75, 3.05) is 12.4 Å². The average molecular weight is 368 g/mol. The summed E-state index contributed by atoms with van der Waals surface area (Å²) in [5.74, 6) is 0.198. The van der Waals surface area contributed by atoms with E-state index in [4.69, 9.17) is 4.74 Å². The normalized spacial score (nSPS) is 10.7. The molecule has 2 aromatic carbocycles. The highest BCUT2D eigenvalue weighted by Crippen LogP contribution is 2.27. The van der Waals surface area contributed by atoms with Gasteiger partial charge < -0.3 is 10.1 Å². The van der Waals surface area contributed by atoms with Gasteiger partial charge in [0.1, 0.15) is 5.75 Å². The Labute approximate surface area is 156 Å². The van der Waals surface area contributed by atoms with Crippen molar-refractivity contribution >= 4 is 38.4 Å². The molecule has 1 amide bonds. The molecule has 0 bridgehead atoms. The lowest BCUT2D eigenvalue weighted by atomic mass is 10.0. The summed E-state index contributed by atoms with van der Waals surface area (Å²) in [4.78, 5) is 29.0. The van der Waals surface area contributed by atoms with Crippen LogP contribution in [0.5, 0.6) is 5.75 Å². The Kier molecular flexibility index (Phi) is 5.32. The van der Waals surface area contributed by atoms with E-state index >= 15 is 0 Å². The van der Waals surface area contributed by atoms with E-state index in [0.29, 0.717) is 16.4 Å². The highest BCUT2D eigenvalue weighted by Gasteiger charge is 2.15. The van der Waals surface area contributed by atoms with Gasteiger partial charge in [0, 0.05) is 12.8 Å². The van der Waals surface area contributed by atoms with Crippen LogP contribution >= 0.6 is 11.3 Å². The van der Waals surface area contributed by atoms with Crippen LogP contribution in [0.4, 0.5) is 5.13 Å². The summed E-state index contributed by atoms with van der Waals surface area (Å²) in [6, 6.07) is 11.4. The Morgan fingerprint density at radius 3 is 2.58 bits per heavy atom. The molecular formula is C20H20N2O3S. The number of carbonyl (C=O) groups excluding carboxylic acids is 2. The van der Waals surface area contributed by atoms with Gasteiger partial charge in [-0.3, -0.25) is 9.59 Å². The fourth-order valence-electron chi connectivity index (χ4n) is 2.67. The Balaban J connectivity index is 1.63. The number of rotatable bonds is 6. The molecule has 0 aliphatic rings. The minimum Gasteiger partial charge on any atom is -0.496 e. The summed E-state index contributed by atoms with van der Waals surface area (Å²) in [6.07, 6.45) is 0.223. The van der Waals surface area contributed by atoms with E-state index in [2.05, 4.69) is 10.3 Å². The molecule has 0 aliphatic heterocycles. The highest BCUT2D eigenvalue weighted by atomic mass is 32.1. The van der Waals surface area contributed by atoms with Crippen LogP contribution in [0, 0.1) is 13.8 Å². The van der Waals surface area contributed by atoms with Crippen molar-refractivity contribution in [1.82, 2.24) is 4.98 Å². The number of methoxy groups -OCH3 is 1. The van der Waals surface area contributed by atoms with E-state index in [1.807, 2.05) is 38.1 Å². The number of nitrogens with zero attached hydrogens (tertiary/aromatic N) is 1. The van der Waals surface area contributed by atoms with Crippen molar-refractivity contribution in [3.63, 3.8) is 0 Å². The third-order valence-corrected chi connectivity index (χ3v) is 4.96. The first-order valence-corrected chi connectivity index (χ1v) is 9.13. The number of anilines is 1. The first kappa shape index (κ1) is 18.1. The van der Waals surface area contributed by atoms with Crippen LogP contribution in [-0.4, -0.2) is 23.8 Å². The van der Waals surface area contributed by atoms with Crippen molar-refractivity contribution < 1.29 is 14.3 Å². The number of hydrogen-bond donors (Lipinski definition) is 1. The van der Waals surface area contributed by atoms with Crippen molar-refractivity contribution in [2.45, 2.75) is 26.7 Å². The lowest BCUT2D eigenvalue weighted by Gasteiger charge is -2.08. The van der Waals surface area contributed by atoms with E-state index in [-0.39, 0.29) is 24.5 Å². The molecule has 1 aromatic heterocycles. The number of aromatic nitrogens is 1. The number of aryl methyl sites for hydroxylation is 2. The van der Waals surface area contributed by atoms with Crippen LogP contribution in [0.3, 0.4) is 0 Å². The standard InChI is InChI=1S/C20H20N2O3S/c1-12-5-8-17(25-3)14(10-12)16(23)7-9-19(24)22-20-21-15-6-4-13(2)11-18(15)26-20/h4-6,8,10-11H,7,9H2,1-3H3,(H,21,22,24). The number of carbonyl (C=O) groups is 2. The lowest BCUT2D eigenvalue weighted by Crippen LogP contribution is -2.13. The molecule has 0 saturated carbocycles. The molecule has 0 radical (unpaired) electrons. The molecule has 26 heavy (non-hydrogen) atoms. The molecule has 134 valence electrons. The number of nitrogens with one attached hydrogen (secondary N) is 1. The van der Waals surface area contributed by atoms with Gasteiger partial charge in [-0.25, -0.2) is 4.98 Å². The topological polar surface area (TPSA) is 68.3 Å². The molecule has 0 saturated heterocycles. The maximum Gasteiger partial charge on any atom is 0.226 e.